The Morgan fingerprint density at radius 3 is 2.86 bits per heavy atom. The van der Waals surface area contributed by atoms with Crippen LogP contribution >= 0.6 is 12.4 Å². The lowest BCUT2D eigenvalue weighted by Gasteiger charge is -2.32. The molecule has 2 heterocycles. The van der Waals surface area contributed by atoms with Crippen molar-refractivity contribution in [3.05, 3.63) is 0 Å². The van der Waals surface area contributed by atoms with Crippen molar-refractivity contribution in [3.63, 3.8) is 0 Å². The van der Waals surface area contributed by atoms with Gasteiger partial charge in [-0.2, -0.15) is 0 Å². The quantitative estimate of drug-likeness (QED) is 0.678. The fourth-order valence-electron chi connectivity index (χ4n) is 2.33. The molecule has 14 heavy (non-hydrogen) atoms. The number of nitrogens with one attached hydrogen (secondary N) is 2. The second-order valence-electron chi connectivity index (χ2n) is 4.12. The molecule has 4 nitrogen and oxygen atoms in total. The summed E-state index contributed by atoms with van der Waals surface area (Å²) >= 11 is 0. The first-order chi connectivity index (χ1) is 6.20. The zero-order valence-electron chi connectivity index (χ0n) is 8.62. The number of fused-ring (bicyclic) bond motifs is 1. The number of carbonyl (C=O) groups is 1. The Hall–Kier alpha value is -0.480. The van der Waals surface area contributed by atoms with E-state index >= 15 is 0 Å². The van der Waals surface area contributed by atoms with Gasteiger partial charge in [0.1, 0.15) is 0 Å². The monoisotopic (exact) mass is 219 g/mol. The zero-order chi connectivity index (χ0) is 9.42. The van der Waals surface area contributed by atoms with Gasteiger partial charge in [-0.05, 0) is 26.8 Å². The molecule has 0 spiro atoms. The number of amides is 2. The average molecular weight is 220 g/mol. The first-order valence-electron chi connectivity index (χ1n) is 4.99. The highest BCUT2D eigenvalue weighted by atomic mass is 35.5. The summed E-state index contributed by atoms with van der Waals surface area (Å²) in [6, 6.07) is 1.15. The Kier molecular flexibility index (Phi) is 3.61. The topological polar surface area (TPSA) is 44.4 Å². The van der Waals surface area contributed by atoms with Crippen LogP contribution in [0.4, 0.5) is 4.79 Å². The third-order valence-corrected chi connectivity index (χ3v) is 2.90. The minimum absolute atomic E-state index is 0. The van der Waals surface area contributed by atoms with Crippen molar-refractivity contribution in [3.8, 4) is 0 Å². The molecule has 2 fully saturated rings. The van der Waals surface area contributed by atoms with E-state index in [1.54, 1.807) is 0 Å². The molecule has 0 unspecified atom stereocenters. The number of piperidine rings is 1. The Balaban J connectivity index is 0.000000980. The van der Waals surface area contributed by atoms with E-state index in [-0.39, 0.29) is 18.4 Å². The Bertz CT molecular complexity index is 222. The molecule has 0 bridgehead atoms. The van der Waals surface area contributed by atoms with Crippen molar-refractivity contribution in [2.45, 2.75) is 38.4 Å². The van der Waals surface area contributed by atoms with E-state index in [9.17, 15) is 4.79 Å². The first-order valence-corrected chi connectivity index (χ1v) is 4.99. The van der Waals surface area contributed by atoms with E-state index in [0.717, 1.165) is 19.5 Å². The van der Waals surface area contributed by atoms with E-state index < -0.39 is 0 Å². The second-order valence-corrected chi connectivity index (χ2v) is 4.12. The van der Waals surface area contributed by atoms with Gasteiger partial charge < -0.3 is 15.5 Å². The summed E-state index contributed by atoms with van der Waals surface area (Å²) in [6.07, 6.45) is 1.07. The van der Waals surface area contributed by atoms with Crippen LogP contribution in [0.25, 0.3) is 0 Å². The van der Waals surface area contributed by atoms with Gasteiger partial charge in [0.05, 0.1) is 12.1 Å². The number of nitrogens with zero attached hydrogens (tertiary/aromatic N) is 1. The lowest BCUT2D eigenvalue weighted by molar-refractivity contribution is 0.172. The molecular formula is C9H18ClN3O. The third-order valence-electron chi connectivity index (χ3n) is 2.90. The molecule has 0 aliphatic carbocycles. The van der Waals surface area contributed by atoms with Gasteiger partial charge in [-0.1, -0.05) is 0 Å². The van der Waals surface area contributed by atoms with Gasteiger partial charge in [-0.3, -0.25) is 0 Å². The van der Waals surface area contributed by atoms with Crippen molar-refractivity contribution in [2.24, 2.45) is 0 Å². The highest BCUT2D eigenvalue weighted by molar-refractivity contribution is 5.85. The molecule has 0 aromatic heterocycles. The van der Waals surface area contributed by atoms with Crippen LogP contribution in [0.1, 0.15) is 20.3 Å². The Labute approximate surface area is 90.8 Å². The summed E-state index contributed by atoms with van der Waals surface area (Å²) in [5, 5.41) is 6.31. The fraction of sp³-hybridized carbons (Fsp3) is 0.889. The van der Waals surface area contributed by atoms with Crippen LogP contribution in [0.15, 0.2) is 0 Å². The lowest BCUT2D eigenvalue weighted by Crippen LogP contribution is -2.50. The van der Waals surface area contributed by atoms with Crippen molar-refractivity contribution in [1.82, 2.24) is 15.5 Å². The Morgan fingerprint density at radius 1 is 1.50 bits per heavy atom. The molecule has 82 valence electrons. The van der Waals surface area contributed by atoms with E-state index in [2.05, 4.69) is 24.5 Å². The van der Waals surface area contributed by atoms with Crippen molar-refractivity contribution < 1.29 is 4.79 Å². The molecule has 2 atom stereocenters. The van der Waals surface area contributed by atoms with E-state index in [4.69, 9.17) is 0 Å². The standard InChI is InChI=1S/C9H17N3O.ClH/c1-6(2)12-8-3-4-10-5-7(8)11-9(12)13;/h6-8,10H,3-5H2,1-2H3,(H,11,13);1H/t7-,8+;/m0./s1. The highest BCUT2D eigenvalue weighted by Crippen LogP contribution is 2.21. The van der Waals surface area contributed by atoms with Gasteiger partial charge in [0.2, 0.25) is 0 Å². The molecule has 2 aliphatic rings. The van der Waals surface area contributed by atoms with Gasteiger partial charge in [0.25, 0.3) is 0 Å². The number of rotatable bonds is 1. The van der Waals surface area contributed by atoms with Crippen molar-refractivity contribution in [2.75, 3.05) is 13.1 Å². The van der Waals surface area contributed by atoms with Crippen LogP contribution in [-0.2, 0) is 0 Å². The van der Waals surface area contributed by atoms with Gasteiger partial charge in [0.15, 0.2) is 0 Å². The van der Waals surface area contributed by atoms with E-state index in [1.807, 2.05) is 4.90 Å². The minimum Gasteiger partial charge on any atom is -0.332 e. The van der Waals surface area contributed by atoms with Crippen LogP contribution in [0.3, 0.4) is 0 Å². The molecule has 0 radical (unpaired) electrons. The van der Waals surface area contributed by atoms with E-state index in [1.165, 1.54) is 0 Å². The lowest BCUT2D eigenvalue weighted by atomic mass is 10.0. The molecule has 0 aromatic rings. The summed E-state index contributed by atoms with van der Waals surface area (Å²) < 4.78 is 0. The minimum atomic E-state index is 0. The predicted molar refractivity (Wildman–Crippen MR) is 57.8 cm³/mol. The molecule has 2 saturated heterocycles. The maximum atomic E-state index is 11.6. The largest absolute Gasteiger partial charge is 0.332 e. The maximum absolute atomic E-state index is 11.6. The summed E-state index contributed by atoms with van der Waals surface area (Å²) in [5.74, 6) is 0. The molecule has 2 amide bonds. The van der Waals surface area contributed by atoms with Gasteiger partial charge >= 0.3 is 6.03 Å². The molecule has 0 saturated carbocycles. The molecule has 2 rings (SSSR count). The molecule has 0 aromatic carbocycles. The van der Waals surface area contributed by atoms with Gasteiger partial charge in [0, 0.05) is 12.6 Å². The van der Waals surface area contributed by atoms with Crippen LogP contribution in [0, 0.1) is 0 Å². The summed E-state index contributed by atoms with van der Waals surface area (Å²) in [5.41, 5.74) is 0. The van der Waals surface area contributed by atoms with Crippen molar-refractivity contribution in [1.29, 1.82) is 0 Å². The van der Waals surface area contributed by atoms with Crippen LogP contribution in [-0.4, -0.2) is 42.1 Å². The van der Waals surface area contributed by atoms with Crippen LogP contribution in [0.2, 0.25) is 0 Å². The smallest absolute Gasteiger partial charge is 0.318 e. The number of hydrogen-bond donors (Lipinski definition) is 2. The second kappa shape index (κ2) is 4.36. The maximum Gasteiger partial charge on any atom is 0.318 e. The molecule has 5 heteroatoms. The average Bonchev–Trinajstić information content (AvgIpc) is 2.39. The first kappa shape index (κ1) is 11.6. The normalized spacial score (nSPS) is 31.1. The molecule has 2 N–H and O–H groups in total. The number of carbonyl (C=O) groups excluding carboxylic acids is 1. The molecule has 2 aliphatic heterocycles. The molecular weight excluding hydrogens is 202 g/mol. The van der Waals surface area contributed by atoms with Crippen molar-refractivity contribution >= 4 is 18.4 Å². The van der Waals surface area contributed by atoms with Gasteiger partial charge in [-0.25, -0.2) is 4.79 Å². The highest BCUT2D eigenvalue weighted by Gasteiger charge is 2.41. The predicted octanol–water partition coefficient (Wildman–Crippen LogP) is 0.572. The van der Waals surface area contributed by atoms with Gasteiger partial charge in [-0.15, -0.1) is 12.4 Å². The zero-order valence-corrected chi connectivity index (χ0v) is 9.43. The SMILES string of the molecule is CC(C)N1C(=O)N[C@H]2CNCC[C@H]21.Cl. The summed E-state index contributed by atoms with van der Waals surface area (Å²) in [4.78, 5) is 13.5. The van der Waals surface area contributed by atoms with Crippen LogP contribution in [0.5, 0.6) is 0 Å². The van der Waals surface area contributed by atoms with Crippen LogP contribution < -0.4 is 10.6 Å². The summed E-state index contributed by atoms with van der Waals surface area (Å²) in [6.45, 7) is 6.09. The third kappa shape index (κ3) is 1.81. The van der Waals surface area contributed by atoms with E-state index in [0.29, 0.717) is 18.1 Å². The summed E-state index contributed by atoms with van der Waals surface area (Å²) in [7, 11) is 0. The fourth-order valence-corrected chi connectivity index (χ4v) is 2.33. The number of urea groups is 1. The Morgan fingerprint density at radius 2 is 2.21 bits per heavy atom. The number of hydrogen-bond acceptors (Lipinski definition) is 2. The number of halogens is 1.